The van der Waals surface area contributed by atoms with E-state index >= 15 is 0 Å². The minimum absolute atomic E-state index is 0.0903. The molecule has 0 heterocycles. The van der Waals surface area contributed by atoms with Crippen LogP contribution < -0.4 is 11.3 Å². The molecule has 0 aliphatic carbocycles. The van der Waals surface area contributed by atoms with Gasteiger partial charge in [-0.1, -0.05) is 6.92 Å². The maximum Gasteiger partial charge on any atom is 0.265 e. The minimum Gasteiger partial charge on any atom is -0.379 e. The maximum absolute atomic E-state index is 13.5. The van der Waals surface area contributed by atoms with Crippen molar-refractivity contribution in [2.75, 3.05) is 19.8 Å². The van der Waals surface area contributed by atoms with Crippen molar-refractivity contribution in [3.05, 3.63) is 35.1 Å². The zero-order valence-corrected chi connectivity index (χ0v) is 10.9. The molecule has 6 heteroatoms. The van der Waals surface area contributed by atoms with E-state index in [2.05, 4.69) is 0 Å². The number of hydrogen-bond donors (Lipinski definition) is 2. The van der Waals surface area contributed by atoms with Crippen molar-refractivity contribution in [3.8, 4) is 0 Å². The van der Waals surface area contributed by atoms with E-state index in [0.717, 1.165) is 6.42 Å². The molecule has 0 unspecified atom stereocenters. The molecule has 5 nitrogen and oxygen atoms in total. The van der Waals surface area contributed by atoms with E-state index < -0.39 is 11.7 Å². The fourth-order valence-corrected chi connectivity index (χ4v) is 1.46. The Labute approximate surface area is 111 Å². The number of nitrogens with one attached hydrogen (secondary N) is 1. The standard InChI is InChI=1S/C13H19FN2O3/c1-2-5-18-6-7-19-9-11-8-10(13(17)16-15)3-4-12(11)14/h3-4,8H,2,5-7,9,15H2,1H3,(H,16,17). The second-order valence-electron chi connectivity index (χ2n) is 3.94. The van der Waals surface area contributed by atoms with Crippen LogP contribution in [0.3, 0.4) is 0 Å². The van der Waals surface area contributed by atoms with Crippen LogP contribution >= 0.6 is 0 Å². The molecule has 0 spiro atoms. The lowest BCUT2D eigenvalue weighted by Gasteiger charge is -2.08. The van der Waals surface area contributed by atoms with Gasteiger partial charge in [-0.05, 0) is 24.6 Å². The summed E-state index contributed by atoms with van der Waals surface area (Å²) in [5.41, 5.74) is 2.61. The molecule has 106 valence electrons. The van der Waals surface area contributed by atoms with Crippen LogP contribution in [0, 0.1) is 5.82 Å². The van der Waals surface area contributed by atoms with Crippen molar-refractivity contribution in [2.24, 2.45) is 5.84 Å². The second kappa shape index (κ2) is 8.58. The number of halogens is 1. The lowest BCUT2D eigenvalue weighted by molar-refractivity contribution is 0.0399. The number of amides is 1. The molecular formula is C13H19FN2O3. The van der Waals surface area contributed by atoms with E-state index in [1.807, 2.05) is 12.3 Å². The summed E-state index contributed by atoms with van der Waals surface area (Å²) in [6.45, 7) is 3.65. The molecule has 1 aromatic carbocycles. The molecular weight excluding hydrogens is 251 g/mol. The second-order valence-corrected chi connectivity index (χ2v) is 3.94. The van der Waals surface area contributed by atoms with Crippen LogP contribution in [0.2, 0.25) is 0 Å². The Morgan fingerprint density at radius 2 is 2.05 bits per heavy atom. The Hall–Kier alpha value is -1.50. The topological polar surface area (TPSA) is 73.6 Å². The Bertz CT molecular complexity index is 413. The number of nitrogen functional groups attached to an aromatic ring is 1. The third-order valence-corrected chi connectivity index (χ3v) is 2.42. The average molecular weight is 270 g/mol. The third-order valence-electron chi connectivity index (χ3n) is 2.42. The number of benzene rings is 1. The van der Waals surface area contributed by atoms with Crippen molar-refractivity contribution >= 4 is 5.91 Å². The number of carbonyl (C=O) groups excluding carboxylic acids is 1. The highest BCUT2D eigenvalue weighted by molar-refractivity contribution is 5.93. The van der Waals surface area contributed by atoms with E-state index in [0.29, 0.717) is 30.9 Å². The number of hydrogen-bond acceptors (Lipinski definition) is 4. The van der Waals surface area contributed by atoms with Gasteiger partial charge in [-0.15, -0.1) is 0 Å². The van der Waals surface area contributed by atoms with Crippen molar-refractivity contribution in [1.82, 2.24) is 5.43 Å². The molecule has 0 aliphatic heterocycles. The van der Waals surface area contributed by atoms with Crippen LogP contribution in [-0.2, 0) is 16.1 Å². The number of ether oxygens (including phenoxy) is 2. The first-order valence-corrected chi connectivity index (χ1v) is 6.14. The number of carbonyl (C=O) groups is 1. The van der Waals surface area contributed by atoms with Crippen LogP contribution in [0.15, 0.2) is 18.2 Å². The van der Waals surface area contributed by atoms with Crippen LogP contribution in [-0.4, -0.2) is 25.7 Å². The van der Waals surface area contributed by atoms with Crippen molar-refractivity contribution in [3.63, 3.8) is 0 Å². The van der Waals surface area contributed by atoms with E-state index in [9.17, 15) is 9.18 Å². The number of rotatable bonds is 8. The molecule has 3 N–H and O–H groups in total. The van der Waals surface area contributed by atoms with Gasteiger partial charge in [0, 0.05) is 17.7 Å². The largest absolute Gasteiger partial charge is 0.379 e. The van der Waals surface area contributed by atoms with Gasteiger partial charge in [-0.3, -0.25) is 10.2 Å². The smallest absolute Gasteiger partial charge is 0.265 e. The Kier molecular flexibility index (Phi) is 7.02. The van der Waals surface area contributed by atoms with E-state index in [4.69, 9.17) is 15.3 Å². The van der Waals surface area contributed by atoms with E-state index in [1.54, 1.807) is 0 Å². The lowest BCUT2D eigenvalue weighted by atomic mass is 10.1. The average Bonchev–Trinajstić information content (AvgIpc) is 2.43. The zero-order chi connectivity index (χ0) is 14.1. The third kappa shape index (κ3) is 5.34. The molecule has 0 radical (unpaired) electrons. The molecule has 1 rings (SSSR count). The zero-order valence-electron chi connectivity index (χ0n) is 10.9. The van der Waals surface area contributed by atoms with Crippen molar-refractivity contribution in [2.45, 2.75) is 20.0 Å². The maximum atomic E-state index is 13.5. The summed E-state index contributed by atoms with van der Waals surface area (Å²) in [5, 5.41) is 0. The van der Waals surface area contributed by atoms with Gasteiger partial charge in [0.1, 0.15) is 5.82 Å². The van der Waals surface area contributed by atoms with Crippen molar-refractivity contribution < 1.29 is 18.7 Å². The first-order valence-electron chi connectivity index (χ1n) is 6.14. The normalized spacial score (nSPS) is 10.5. The van der Waals surface area contributed by atoms with Crippen LogP contribution in [0.1, 0.15) is 29.3 Å². The molecule has 1 amide bonds. The molecule has 0 saturated carbocycles. The van der Waals surface area contributed by atoms with Gasteiger partial charge in [0.05, 0.1) is 19.8 Å². The van der Waals surface area contributed by atoms with Gasteiger partial charge in [-0.25, -0.2) is 10.2 Å². The summed E-state index contributed by atoms with van der Waals surface area (Å²) >= 11 is 0. The fourth-order valence-electron chi connectivity index (χ4n) is 1.46. The Balaban J connectivity index is 2.46. The lowest BCUT2D eigenvalue weighted by Crippen LogP contribution is -2.30. The molecule has 19 heavy (non-hydrogen) atoms. The predicted octanol–water partition coefficient (Wildman–Crippen LogP) is 1.37. The van der Waals surface area contributed by atoms with Gasteiger partial charge in [0.2, 0.25) is 0 Å². The highest BCUT2D eigenvalue weighted by Crippen LogP contribution is 2.11. The summed E-state index contributed by atoms with van der Waals surface area (Å²) in [6.07, 6.45) is 0.949. The van der Waals surface area contributed by atoms with E-state index in [-0.39, 0.29) is 6.61 Å². The quantitative estimate of drug-likeness (QED) is 0.324. The summed E-state index contributed by atoms with van der Waals surface area (Å²) in [4.78, 5) is 11.3. The van der Waals surface area contributed by atoms with Gasteiger partial charge in [0.25, 0.3) is 5.91 Å². The molecule has 0 fully saturated rings. The molecule has 0 saturated heterocycles. The Morgan fingerprint density at radius 3 is 2.74 bits per heavy atom. The van der Waals surface area contributed by atoms with Crippen molar-refractivity contribution in [1.29, 1.82) is 0 Å². The summed E-state index contributed by atoms with van der Waals surface area (Å²) < 4.78 is 24.0. The van der Waals surface area contributed by atoms with E-state index in [1.165, 1.54) is 18.2 Å². The summed E-state index contributed by atoms with van der Waals surface area (Å²) in [7, 11) is 0. The van der Waals surface area contributed by atoms with Gasteiger partial charge < -0.3 is 9.47 Å². The highest BCUT2D eigenvalue weighted by atomic mass is 19.1. The SMILES string of the molecule is CCCOCCOCc1cc(C(=O)NN)ccc1F. The van der Waals surface area contributed by atoms with Crippen LogP contribution in [0.25, 0.3) is 0 Å². The predicted molar refractivity (Wildman–Crippen MR) is 68.8 cm³/mol. The van der Waals surface area contributed by atoms with Crippen LogP contribution in [0.5, 0.6) is 0 Å². The minimum atomic E-state index is -0.465. The first kappa shape index (κ1) is 15.6. The van der Waals surface area contributed by atoms with Gasteiger partial charge in [-0.2, -0.15) is 0 Å². The Morgan fingerprint density at radius 1 is 1.32 bits per heavy atom. The number of nitrogens with two attached hydrogens (primary N) is 1. The van der Waals surface area contributed by atoms with Crippen LogP contribution in [0.4, 0.5) is 4.39 Å². The molecule has 0 atom stereocenters. The molecule has 0 aromatic heterocycles. The summed E-state index contributed by atoms with van der Waals surface area (Å²) in [5.74, 6) is 4.14. The fraction of sp³-hybridized carbons (Fsp3) is 0.462. The van der Waals surface area contributed by atoms with Gasteiger partial charge in [0.15, 0.2) is 0 Å². The molecule has 0 aliphatic rings. The number of hydrazine groups is 1. The molecule has 1 aromatic rings. The molecule has 0 bridgehead atoms. The van der Waals surface area contributed by atoms with Gasteiger partial charge >= 0.3 is 0 Å². The summed E-state index contributed by atoms with van der Waals surface area (Å²) in [6, 6.07) is 4.01. The first-order chi connectivity index (χ1) is 9.19. The monoisotopic (exact) mass is 270 g/mol. The highest BCUT2D eigenvalue weighted by Gasteiger charge is 2.08.